The van der Waals surface area contributed by atoms with E-state index >= 15 is 0 Å². The molecule has 0 radical (unpaired) electrons. The molecule has 0 fully saturated rings. The molecule has 0 saturated heterocycles. The van der Waals surface area contributed by atoms with E-state index in [-0.39, 0.29) is 0 Å². The van der Waals surface area contributed by atoms with Crippen LogP contribution in [0.1, 0.15) is 37.1 Å². The summed E-state index contributed by atoms with van der Waals surface area (Å²) < 4.78 is 1.76. The van der Waals surface area contributed by atoms with Crippen LogP contribution in [0.2, 0.25) is 5.15 Å². The first kappa shape index (κ1) is 15.6. The van der Waals surface area contributed by atoms with Crippen LogP contribution in [0.25, 0.3) is 0 Å². The second kappa shape index (κ2) is 7.28. The Kier molecular flexibility index (Phi) is 5.41. The fourth-order valence-corrected chi connectivity index (χ4v) is 2.63. The number of rotatable bonds is 6. The minimum absolute atomic E-state index is 0.459. The molecule has 0 amide bonds. The highest BCUT2D eigenvalue weighted by Crippen LogP contribution is 2.22. The predicted octanol–water partition coefficient (Wildman–Crippen LogP) is 4.24. The summed E-state index contributed by atoms with van der Waals surface area (Å²) in [6.45, 7) is 4.97. The Morgan fingerprint density at radius 2 is 2.00 bits per heavy atom. The van der Waals surface area contributed by atoms with E-state index < -0.39 is 0 Å². The van der Waals surface area contributed by atoms with Crippen molar-refractivity contribution >= 4 is 11.6 Å². The monoisotopic (exact) mass is 301 g/mol. The highest BCUT2D eigenvalue weighted by Gasteiger charge is 2.16. The molecule has 1 aromatic carbocycles. The number of halogens is 1. The van der Waals surface area contributed by atoms with Crippen molar-refractivity contribution < 1.29 is 0 Å². The molecule has 0 aliphatic heterocycles. The molecule has 0 atom stereocenters. The topological polar surface area (TPSA) is 41.6 Å². The standard InChI is InChI=1S/C17H20ClN3/c1-13(2)11-16-15(12-19)17(18)21(20-16)10-6-9-14-7-4-3-5-8-14/h3-5,7-8,13H,6,9-11H2,1-2H3. The number of hydrogen-bond acceptors (Lipinski definition) is 2. The quantitative estimate of drug-likeness (QED) is 0.801. The van der Waals surface area contributed by atoms with Gasteiger partial charge in [0.1, 0.15) is 16.8 Å². The molecule has 0 N–H and O–H groups in total. The molecule has 0 aliphatic carbocycles. The summed E-state index contributed by atoms with van der Waals surface area (Å²) >= 11 is 6.27. The van der Waals surface area contributed by atoms with Crippen LogP contribution >= 0.6 is 11.6 Å². The Bertz CT molecular complexity index is 623. The Morgan fingerprint density at radius 3 is 2.62 bits per heavy atom. The van der Waals surface area contributed by atoms with Gasteiger partial charge in [0.25, 0.3) is 0 Å². The van der Waals surface area contributed by atoms with Gasteiger partial charge in [-0.25, -0.2) is 0 Å². The van der Waals surface area contributed by atoms with Gasteiger partial charge in [-0.05, 0) is 30.7 Å². The normalized spacial score (nSPS) is 10.8. The van der Waals surface area contributed by atoms with Crippen LogP contribution < -0.4 is 0 Å². The molecule has 0 spiro atoms. The van der Waals surface area contributed by atoms with Gasteiger partial charge in [0.2, 0.25) is 0 Å². The van der Waals surface area contributed by atoms with E-state index in [1.54, 1.807) is 4.68 Å². The van der Waals surface area contributed by atoms with Crippen molar-refractivity contribution in [3.05, 3.63) is 52.3 Å². The van der Waals surface area contributed by atoms with E-state index in [2.05, 4.69) is 37.1 Å². The minimum atomic E-state index is 0.459. The summed E-state index contributed by atoms with van der Waals surface area (Å²) in [7, 11) is 0. The lowest BCUT2D eigenvalue weighted by Crippen LogP contribution is -2.03. The molecule has 2 rings (SSSR count). The van der Waals surface area contributed by atoms with Crippen molar-refractivity contribution in [3.63, 3.8) is 0 Å². The van der Waals surface area contributed by atoms with Gasteiger partial charge in [0, 0.05) is 6.54 Å². The maximum absolute atomic E-state index is 9.24. The number of nitrogens with zero attached hydrogens (tertiary/aromatic N) is 3. The first-order valence-electron chi connectivity index (χ1n) is 7.31. The number of nitriles is 1. The first-order chi connectivity index (χ1) is 10.1. The lowest BCUT2D eigenvalue weighted by molar-refractivity contribution is 0.558. The summed E-state index contributed by atoms with van der Waals surface area (Å²) in [6, 6.07) is 12.5. The van der Waals surface area contributed by atoms with E-state index in [0.717, 1.165) is 31.5 Å². The van der Waals surface area contributed by atoms with Crippen molar-refractivity contribution in [3.8, 4) is 6.07 Å². The maximum Gasteiger partial charge on any atom is 0.145 e. The van der Waals surface area contributed by atoms with Gasteiger partial charge in [-0.2, -0.15) is 10.4 Å². The van der Waals surface area contributed by atoms with Gasteiger partial charge >= 0.3 is 0 Å². The zero-order valence-electron chi connectivity index (χ0n) is 12.5. The Labute approximate surface area is 131 Å². The molecule has 0 aliphatic rings. The molecular formula is C17H20ClN3. The summed E-state index contributed by atoms with van der Waals surface area (Å²) in [5.74, 6) is 0.459. The van der Waals surface area contributed by atoms with Gasteiger partial charge in [-0.1, -0.05) is 55.8 Å². The lowest BCUT2D eigenvalue weighted by atomic mass is 10.1. The molecule has 21 heavy (non-hydrogen) atoms. The number of aryl methyl sites for hydroxylation is 2. The Morgan fingerprint density at radius 1 is 1.29 bits per heavy atom. The molecule has 0 saturated carbocycles. The first-order valence-corrected chi connectivity index (χ1v) is 7.68. The molecule has 0 unspecified atom stereocenters. The minimum Gasteiger partial charge on any atom is -0.252 e. The third-order valence-electron chi connectivity index (χ3n) is 3.35. The van der Waals surface area contributed by atoms with Crippen LogP contribution in [0, 0.1) is 17.2 Å². The third kappa shape index (κ3) is 4.09. The number of benzene rings is 1. The van der Waals surface area contributed by atoms with Crippen LogP contribution in [0.3, 0.4) is 0 Å². The second-order valence-corrected chi connectivity index (χ2v) is 5.99. The molecule has 110 valence electrons. The van der Waals surface area contributed by atoms with Crippen LogP contribution in [0.5, 0.6) is 0 Å². The molecule has 1 heterocycles. The van der Waals surface area contributed by atoms with Gasteiger partial charge in [0.05, 0.1) is 5.69 Å². The maximum atomic E-state index is 9.24. The third-order valence-corrected chi connectivity index (χ3v) is 3.74. The fraction of sp³-hybridized carbons (Fsp3) is 0.412. The van der Waals surface area contributed by atoms with Gasteiger partial charge < -0.3 is 0 Å². The van der Waals surface area contributed by atoms with Crippen molar-refractivity contribution in [1.82, 2.24) is 9.78 Å². The van der Waals surface area contributed by atoms with Gasteiger partial charge in [0.15, 0.2) is 0 Å². The average Bonchev–Trinajstić information content (AvgIpc) is 2.75. The zero-order valence-corrected chi connectivity index (χ0v) is 13.3. The highest BCUT2D eigenvalue weighted by molar-refractivity contribution is 6.30. The van der Waals surface area contributed by atoms with E-state index in [9.17, 15) is 5.26 Å². The van der Waals surface area contributed by atoms with E-state index in [0.29, 0.717) is 16.6 Å². The SMILES string of the molecule is CC(C)Cc1nn(CCCc2ccccc2)c(Cl)c1C#N. The van der Waals surface area contributed by atoms with Gasteiger partial charge in [-0.3, -0.25) is 4.68 Å². The summed E-state index contributed by atoms with van der Waals surface area (Å²) in [6.07, 6.45) is 2.73. The molecule has 3 nitrogen and oxygen atoms in total. The van der Waals surface area contributed by atoms with Gasteiger partial charge in [-0.15, -0.1) is 0 Å². The highest BCUT2D eigenvalue weighted by atomic mass is 35.5. The molecule has 0 bridgehead atoms. The van der Waals surface area contributed by atoms with Crippen LogP contribution in [0.4, 0.5) is 0 Å². The summed E-state index contributed by atoms with van der Waals surface area (Å²) in [5, 5.41) is 14.2. The molecular weight excluding hydrogens is 282 g/mol. The fourth-order valence-electron chi connectivity index (χ4n) is 2.35. The van der Waals surface area contributed by atoms with Crippen molar-refractivity contribution in [2.75, 3.05) is 0 Å². The number of hydrogen-bond donors (Lipinski definition) is 0. The molecule has 1 aromatic heterocycles. The largest absolute Gasteiger partial charge is 0.252 e. The second-order valence-electron chi connectivity index (χ2n) is 5.63. The molecule has 2 aromatic rings. The smallest absolute Gasteiger partial charge is 0.145 e. The van der Waals surface area contributed by atoms with Crippen molar-refractivity contribution in [1.29, 1.82) is 5.26 Å². The van der Waals surface area contributed by atoms with Crippen molar-refractivity contribution in [2.24, 2.45) is 5.92 Å². The lowest BCUT2D eigenvalue weighted by Gasteiger charge is -2.04. The average molecular weight is 302 g/mol. The van der Waals surface area contributed by atoms with Crippen LogP contribution in [-0.2, 0) is 19.4 Å². The summed E-state index contributed by atoms with van der Waals surface area (Å²) in [4.78, 5) is 0. The number of aromatic nitrogens is 2. The summed E-state index contributed by atoms with van der Waals surface area (Å²) in [5.41, 5.74) is 2.66. The predicted molar refractivity (Wildman–Crippen MR) is 85.3 cm³/mol. The van der Waals surface area contributed by atoms with E-state index in [4.69, 9.17) is 11.6 Å². The zero-order chi connectivity index (χ0) is 15.2. The molecule has 4 heteroatoms. The van der Waals surface area contributed by atoms with Crippen LogP contribution in [0.15, 0.2) is 30.3 Å². The Balaban J connectivity index is 2.03. The van der Waals surface area contributed by atoms with Crippen LogP contribution in [-0.4, -0.2) is 9.78 Å². The van der Waals surface area contributed by atoms with Crippen molar-refractivity contribution in [2.45, 2.75) is 39.7 Å². The van der Waals surface area contributed by atoms with E-state index in [1.165, 1.54) is 5.56 Å². The van der Waals surface area contributed by atoms with E-state index in [1.807, 2.05) is 18.2 Å². The Hall–Kier alpha value is -1.79.